The number of sulfonamides is 2. The molecule has 0 amide bonds. The van der Waals surface area contributed by atoms with E-state index in [1.54, 1.807) is 24.3 Å². The first kappa shape index (κ1) is 21.6. The Bertz CT molecular complexity index is 1210. The lowest BCUT2D eigenvalue weighted by Crippen LogP contribution is -2.14. The van der Waals surface area contributed by atoms with Crippen molar-refractivity contribution in [2.24, 2.45) is 0 Å². The van der Waals surface area contributed by atoms with E-state index in [1.165, 1.54) is 24.3 Å². The van der Waals surface area contributed by atoms with Crippen molar-refractivity contribution in [3.05, 3.63) is 78.6 Å². The fourth-order valence-corrected chi connectivity index (χ4v) is 4.65. The zero-order valence-corrected chi connectivity index (χ0v) is 17.5. The van der Waals surface area contributed by atoms with Gasteiger partial charge in [-0.1, -0.05) is 0 Å². The van der Waals surface area contributed by atoms with Crippen LogP contribution in [0.2, 0.25) is 0 Å². The SMILES string of the molecule is CCOc1ccc(NS(=O)(=O)c2ccc(NS(=O)(=O)c3ccc(F)cc3)cc2)cc1. The Labute approximate surface area is 174 Å². The third-order valence-corrected chi connectivity index (χ3v) is 6.75. The molecule has 7 nitrogen and oxygen atoms in total. The van der Waals surface area contributed by atoms with E-state index in [-0.39, 0.29) is 15.5 Å². The van der Waals surface area contributed by atoms with E-state index in [4.69, 9.17) is 4.74 Å². The third kappa shape index (κ3) is 5.28. The first-order valence-corrected chi connectivity index (χ1v) is 11.8. The number of hydrogen-bond donors (Lipinski definition) is 2. The van der Waals surface area contributed by atoms with Crippen LogP contribution >= 0.6 is 0 Å². The summed E-state index contributed by atoms with van der Waals surface area (Å²) in [5.74, 6) is 0.0711. The molecule has 3 aromatic carbocycles. The fourth-order valence-electron chi connectivity index (χ4n) is 2.53. The summed E-state index contributed by atoms with van der Waals surface area (Å²) in [6.07, 6.45) is 0. The monoisotopic (exact) mass is 450 g/mol. The van der Waals surface area contributed by atoms with Crippen LogP contribution in [0.4, 0.5) is 15.8 Å². The molecule has 2 N–H and O–H groups in total. The second-order valence-corrected chi connectivity index (χ2v) is 9.51. The fraction of sp³-hybridized carbons (Fsp3) is 0.100. The average molecular weight is 451 g/mol. The Kier molecular flexibility index (Phi) is 6.28. The topological polar surface area (TPSA) is 102 Å². The largest absolute Gasteiger partial charge is 0.494 e. The second-order valence-electron chi connectivity index (χ2n) is 6.15. The van der Waals surface area contributed by atoms with Gasteiger partial charge in [-0.15, -0.1) is 0 Å². The molecule has 0 aliphatic carbocycles. The lowest BCUT2D eigenvalue weighted by atomic mass is 10.3. The normalized spacial score (nSPS) is 11.7. The molecule has 0 heterocycles. The average Bonchev–Trinajstić information content (AvgIpc) is 2.70. The third-order valence-electron chi connectivity index (χ3n) is 3.96. The van der Waals surface area contributed by atoms with Crippen LogP contribution < -0.4 is 14.2 Å². The molecule has 0 unspecified atom stereocenters. The Morgan fingerprint density at radius 2 is 1.10 bits per heavy atom. The number of rotatable bonds is 8. The highest BCUT2D eigenvalue weighted by atomic mass is 32.2. The van der Waals surface area contributed by atoms with E-state index < -0.39 is 25.9 Å². The van der Waals surface area contributed by atoms with E-state index in [9.17, 15) is 21.2 Å². The van der Waals surface area contributed by atoms with Gasteiger partial charge >= 0.3 is 0 Å². The quantitative estimate of drug-likeness (QED) is 0.543. The molecule has 0 saturated heterocycles. The zero-order chi connectivity index (χ0) is 21.8. The molecular formula is C20H19FN2O5S2. The summed E-state index contributed by atoms with van der Waals surface area (Å²) >= 11 is 0. The van der Waals surface area contributed by atoms with Crippen LogP contribution in [-0.4, -0.2) is 23.4 Å². The molecule has 0 aliphatic rings. The molecule has 0 radical (unpaired) electrons. The van der Waals surface area contributed by atoms with Crippen LogP contribution in [0.15, 0.2) is 82.6 Å². The molecule has 0 saturated carbocycles. The smallest absolute Gasteiger partial charge is 0.261 e. The predicted molar refractivity (Wildman–Crippen MR) is 112 cm³/mol. The van der Waals surface area contributed by atoms with Gasteiger partial charge in [-0.3, -0.25) is 9.44 Å². The first-order chi connectivity index (χ1) is 14.2. The molecular weight excluding hydrogens is 431 g/mol. The Hall–Kier alpha value is -3.11. The Balaban J connectivity index is 1.73. The number of nitrogens with one attached hydrogen (secondary N) is 2. The molecule has 0 spiro atoms. The summed E-state index contributed by atoms with van der Waals surface area (Å²) in [7, 11) is -7.80. The summed E-state index contributed by atoms with van der Waals surface area (Å²) in [6, 6.07) is 16.0. The number of ether oxygens (including phenoxy) is 1. The van der Waals surface area contributed by atoms with Gasteiger partial charge in [-0.05, 0) is 79.7 Å². The highest BCUT2D eigenvalue weighted by Crippen LogP contribution is 2.22. The van der Waals surface area contributed by atoms with Crippen LogP contribution in [0.3, 0.4) is 0 Å². The lowest BCUT2D eigenvalue weighted by Gasteiger charge is -2.11. The van der Waals surface area contributed by atoms with Crippen molar-refractivity contribution >= 4 is 31.4 Å². The molecule has 30 heavy (non-hydrogen) atoms. The summed E-state index contributed by atoms with van der Waals surface area (Å²) in [5, 5.41) is 0. The minimum absolute atomic E-state index is 0.0406. The van der Waals surface area contributed by atoms with Crippen molar-refractivity contribution in [1.29, 1.82) is 0 Å². The van der Waals surface area contributed by atoms with Crippen molar-refractivity contribution in [1.82, 2.24) is 0 Å². The molecule has 0 fully saturated rings. The standard InChI is InChI=1S/C20H19FN2O5S2/c1-2-28-18-9-5-16(6-10-18)22-30(26,27)20-13-7-17(8-14-20)23-29(24,25)19-11-3-15(21)4-12-19/h3-14,22-23H,2H2,1H3. The van der Waals surface area contributed by atoms with Crippen molar-refractivity contribution in [3.8, 4) is 5.75 Å². The number of benzene rings is 3. The van der Waals surface area contributed by atoms with Gasteiger partial charge in [0.2, 0.25) is 0 Å². The van der Waals surface area contributed by atoms with Crippen LogP contribution in [0.5, 0.6) is 5.75 Å². The maximum absolute atomic E-state index is 13.0. The van der Waals surface area contributed by atoms with Gasteiger partial charge < -0.3 is 4.74 Å². The zero-order valence-electron chi connectivity index (χ0n) is 15.9. The van der Waals surface area contributed by atoms with E-state index in [0.29, 0.717) is 18.0 Å². The van der Waals surface area contributed by atoms with E-state index in [0.717, 1.165) is 24.3 Å². The van der Waals surface area contributed by atoms with Crippen LogP contribution in [-0.2, 0) is 20.0 Å². The van der Waals surface area contributed by atoms with Crippen LogP contribution in [0.1, 0.15) is 6.92 Å². The minimum atomic E-state index is -3.93. The summed E-state index contributed by atoms with van der Waals surface area (Å²) in [5.41, 5.74) is 0.527. The maximum Gasteiger partial charge on any atom is 0.261 e. The van der Waals surface area contributed by atoms with Crippen molar-refractivity contribution in [3.63, 3.8) is 0 Å². The van der Waals surface area contributed by atoms with E-state index in [1.807, 2.05) is 6.92 Å². The van der Waals surface area contributed by atoms with E-state index >= 15 is 0 Å². The molecule has 158 valence electrons. The van der Waals surface area contributed by atoms with Gasteiger partial charge in [0.15, 0.2) is 0 Å². The van der Waals surface area contributed by atoms with Gasteiger partial charge in [-0.25, -0.2) is 21.2 Å². The van der Waals surface area contributed by atoms with Crippen molar-refractivity contribution < 1.29 is 26.0 Å². The summed E-state index contributed by atoms with van der Waals surface area (Å²) < 4.78 is 72.8. The van der Waals surface area contributed by atoms with Crippen LogP contribution in [0.25, 0.3) is 0 Å². The van der Waals surface area contributed by atoms with E-state index in [2.05, 4.69) is 9.44 Å². The minimum Gasteiger partial charge on any atom is -0.494 e. The molecule has 3 rings (SSSR count). The number of halogens is 1. The lowest BCUT2D eigenvalue weighted by molar-refractivity contribution is 0.340. The highest BCUT2D eigenvalue weighted by molar-refractivity contribution is 7.93. The molecule has 3 aromatic rings. The molecule has 0 aromatic heterocycles. The molecule has 0 atom stereocenters. The number of anilines is 2. The van der Waals surface area contributed by atoms with Gasteiger partial charge in [0.1, 0.15) is 11.6 Å². The summed E-state index contributed by atoms with van der Waals surface area (Å²) in [4.78, 5) is -0.154. The maximum atomic E-state index is 13.0. The Morgan fingerprint density at radius 1 is 0.700 bits per heavy atom. The van der Waals surface area contributed by atoms with Gasteiger partial charge in [0.05, 0.1) is 16.4 Å². The Morgan fingerprint density at radius 3 is 1.53 bits per heavy atom. The molecule has 0 aliphatic heterocycles. The van der Waals surface area contributed by atoms with Crippen molar-refractivity contribution in [2.75, 3.05) is 16.1 Å². The number of hydrogen-bond acceptors (Lipinski definition) is 5. The highest BCUT2D eigenvalue weighted by Gasteiger charge is 2.17. The summed E-state index contributed by atoms with van der Waals surface area (Å²) in [6.45, 7) is 2.35. The van der Waals surface area contributed by atoms with Gasteiger partial charge in [0, 0.05) is 11.4 Å². The first-order valence-electron chi connectivity index (χ1n) is 8.84. The molecule has 0 bridgehead atoms. The predicted octanol–water partition coefficient (Wildman–Crippen LogP) is 3.83. The van der Waals surface area contributed by atoms with Crippen molar-refractivity contribution in [2.45, 2.75) is 16.7 Å². The molecule has 10 heteroatoms. The van der Waals surface area contributed by atoms with Gasteiger partial charge in [0.25, 0.3) is 20.0 Å². The van der Waals surface area contributed by atoms with Gasteiger partial charge in [-0.2, -0.15) is 0 Å². The second kappa shape index (κ2) is 8.72. The van der Waals surface area contributed by atoms with Crippen LogP contribution in [0, 0.1) is 5.82 Å².